The Bertz CT molecular complexity index is 1070. The number of hydrogen-bond donors (Lipinski definition) is 0. The van der Waals surface area contributed by atoms with E-state index >= 15 is 0 Å². The standard InChI is InChI=1S/2C16H22F2NO2.Ti/c2*1-5-8-16(2,3)15(20)19(9-10-21-4)14-7-6-12(17)11-13(14)18;/h2*6-7H,5,8-10H2,1-4H3;/q2*-1;+2. The number of nitrogens with zero attached hydrogens (tertiary/aromatic N) is 2. The first kappa shape index (κ1) is 40.7. The number of methoxy groups -OCH3 is 2. The number of carbonyl (C=O) groups excluding carboxylic acids is 2. The van der Waals surface area contributed by atoms with Crippen LogP contribution in [0.5, 0.6) is 0 Å². The van der Waals surface area contributed by atoms with Crippen molar-refractivity contribution in [3.63, 3.8) is 0 Å². The van der Waals surface area contributed by atoms with Crippen molar-refractivity contribution in [3.05, 3.63) is 59.7 Å². The van der Waals surface area contributed by atoms with Crippen molar-refractivity contribution in [1.29, 1.82) is 0 Å². The van der Waals surface area contributed by atoms with E-state index < -0.39 is 34.1 Å². The second-order valence-corrected chi connectivity index (χ2v) is 11.2. The van der Waals surface area contributed by atoms with Crippen LogP contribution in [0, 0.1) is 46.2 Å². The quantitative estimate of drug-likeness (QED) is 0.125. The summed E-state index contributed by atoms with van der Waals surface area (Å²) < 4.78 is 63.8. The van der Waals surface area contributed by atoms with Gasteiger partial charge in [0.2, 0.25) is 11.8 Å². The molecule has 43 heavy (non-hydrogen) atoms. The molecule has 0 atom stereocenters. The Morgan fingerprint density at radius 3 is 1.28 bits per heavy atom. The maximum Gasteiger partial charge on any atom is 2.00 e. The third-order valence-corrected chi connectivity index (χ3v) is 6.70. The van der Waals surface area contributed by atoms with Gasteiger partial charge in [-0.1, -0.05) is 54.4 Å². The average Bonchev–Trinajstić information content (AvgIpc) is 2.91. The Morgan fingerprint density at radius 2 is 1.02 bits per heavy atom. The van der Waals surface area contributed by atoms with Gasteiger partial charge in [0.15, 0.2) is 0 Å². The van der Waals surface area contributed by atoms with Crippen molar-refractivity contribution in [1.82, 2.24) is 0 Å². The minimum absolute atomic E-state index is 0. The zero-order valence-electron chi connectivity index (χ0n) is 26.5. The number of benzene rings is 2. The monoisotopic (exact) mass is 644 g/mol. The fourth-order valence-corrected chi connectivity index (χ4v) is 4.51. The van der Waals surface area contributed by atoms with E-state index in [1.54, 1.807) is 0 Å². The number of amides is 2. The molecule has 0 bridgehead atoms. The number of halogens is 4. The number of rotatable bonds is 14. The Hall–Kier alpha value is -2.27. The molecule has 2 amide bonds. The summed E-state index contributed by atoms with van der Waals surface area (Å²) in [7, 11) is 3.01. The predicted molar refractivity (Wildman–Crippen MR) is 156 cm³/mol. The molecule has 0 spiro atoms. The molecular formula is C32H44F4N2O4Ti. The molecule has 238 valence electrons. The molecule has 0 N–H and O–H groups in total. The van der Waals surface area contributed by atoms with Crippen molar-refractivity contribution < 1.29 is 58.3 Å². The van der Waals surface area contributed by atoms with E-state index in [2.05, 4.69) is 0 Å². The Morgan fingerprint density at radius 1 is 0.698 bits per heavy atom. The third-order valence-electron chi connectivity index (χ3n) is 6.70. The van der Waals surface area contributed by atoms with E-state index in [4.69, 9.17) is 9.47 Å². The van der Waals surface area contributed by atoms with Crippen LogP contribution in [0.15, 0.2) is 24.3 Å². The summed E-state index contributed by atoms with van der Waals surface area (Å²) in [5.41, 5.74) is -1.18. The molecule has 0 saturated heterocycles. The van der Waals surface area contributed by atoms with Crippen LogP contribution in [-0.2, 0) is 40.8 Å². The van der Waals surface area contributed by atoms with Gasteiger partial charge in [-0.05, 0) is 24.2 Å². The topological polar surface area (TPSA) is 59.1 Å². The smallest absolute Gasteiger partial charge is 0.383 e. The predicted octanol–water partition coefficient (Wildman–Crippen LogP) is 7.14. The van der Waals surface area contributed by atoms with Crippen molar-refractivity contribution in [3.8, 4) is 0 Å². The van der Waals surface area contributed by atoms with Gasteiger partial charge in [-0.15, -0.1) is 36.4 Å². The van der Waals surface area contributed by atoms with E-state index in [0.29, 0.717) is 12.8 Å². The third kappa shape index (κ3) is 12.3. The summed E-state index contributed by atoms with van der Waals surface area (Å²) in [6.45, 7) is 12.2. The van der Waals surface area contributed by atoms with Gasteiger partial charge in [-0.25, -0.2) is 17.6 Å². The zero-order valence-corrected chi connectivity index (χ0v) is 28.1. The van der Waals surface area contributed by atoms with Crippen molar-refractivity contribution in [2.45, 2.75) is 67.2 Å². The van der Waals surface area contributed by atoms with Gasteiger partial charge >= 0.3 is 21.7 Å². The molecule has 6 nitrogen and oxygen atoms in total. The van der Waals surface area contributed by atoms with Gasteiger partial charge in [-0.2, -0.15) is 0 Å². The normalized spacial score (nSPS) is 11.3. The second kappa shape index (κ2) is 19.2. The number of ether oxygens (including phenoxy) is 2. The van der Waals surface area contributed by atoms with Crippen LogP contribution in [0.1, 0.15) is 67.2 Å². The summed E-state index contributed by atoms with van der Waals surface area (Å²) in [5.74, 6) is -3.73. The fraction of sp³-hybridized carbons (Fsp3) is 0.562. The summed E-state index contributed by atoms with van der Waals surface area (Å²) in [6.07, 6.45) is 3.05. The second-order valence-electron chi connectivity index (χ2n) is 11.2. The van der Waals surface area contributed by atoms with Gasteiger partial charge in [0.1, 0.15) is 0 Å². The van der Waals surface area contributed by atoms with Crippen LogP contribution in [0.4, 0.5) is 28.9 Å². The number of carbonyl (C=O) groups is 2. The van der Waals surface area contributed by atoms with E-state index in [9.17, 15) is 27.2 Å². The first-order valence-electron chi connectivity index (χ1n) is 14.0. The first-order chi connectivity index (χ1) is 19.7. The maximum atomic E-state index is 13.9. The summed E-state index contributed by atoms with van der Waals surface area (Å²) >= 11 is 0. The van der Waals surface area contributed by atoms with Crippen LogP contribution in [0.3, 0.4) is 0 Å². The van der Waals surface area contributed by atoms with Crippen LogP contribution in [0.25, 0.3) is 0 Å². The van der Waals surface area contributed by atoms with Gasteiger partial charge < -0.3 is 19.3 Å². The minimum atomic E-state index is -0.869. The summed E-state index contributed by atoms with van der Waals surface area (Å²) in [4.78, 5) is 28.0. The fourth-order valence-electron chi connectivity index (χ4n) is 4.51. The van der Waals surface area contributed by atoms with E-state index in [1.807, 2.05) is 53.7 Å². The van der Waals surface area contributed by atoms with Gasteiger partial charge in [0, 0.05) is 61.4 Å². The van der Waals surface area contributed by atoms with E-state index in [-0.39, 0.29) is 71.2 Å². The largest absolute Gasteiger partial charge is 2.00 e. The Kier molecular flexibility index (Phi) is 18.2. The van der Waals surface area contributed by atoms with Crippen molar-refractivity contribution in [2.24, 2.45) is 10.8 Å². The molecule has 0 unspecified atom stereocenters. The Balaban J connectivity index is 0.000000802. The number of anilines is 2. The molecule has 2 aromatic rings. The molecule has 0 saturated carbocycles. The molecule has 0 radical (unpaired) electrons. The average molecular weight is 645 g/mol. The van der Waals surface area contributed by atoms with E-state index in [1.165, 1.54) is 36.2 Å². The first-order valence-corrected chi connectivity index (χ1v) is 14.0. The molecule has 0 aliphatic heterocycles. The SMILES string of the molecule is CCCC(C)(C)C(=O)N(CCOC)c1ccc(F)[c-]c1F.CCCC(C)(C)C(=O)N(CCOC)c1ccc(F)[c-]c1F.[Ti+2]. The molecule has 0 aromatic heterocycles. The van der Waals surface area contributed by atoms with Crippen molar-refractivity contribution >= 4 is 23.2 Å². The summed E-state index contributed by atoms with van der Waals surface area (Å²) in [5, 5.41) is 0. The summed E-state index contributed by atoms with van der Waals surface area (Å²) in [6, 6.07) is 8.64. The van der Waals surface area contributed by atoms with Crippen LogP contribution < -0.4 is 9.80 Å². The zero-order chi connectivity index (χ0) is 32.1. The minimum Gasteiger partial charge on any atom is -0.383 e. The maximum absolute atomic E-state index is 13.9. The van der Waals surface area contributed by atoms with E-state index in [0.717, 1.165) is 25.0 Å². The molecule has 2 rings (SSSR count). The Labute approximate surface area is 269 Å². The van der Waals surface area contributed by atoms with Crippen LogP contribution >= 0.6 is 0 Å². The van der Waals surface area contributed by atoms with Crippen LogP contribution in [0.2, 0.25) is 0 Å². The molecule has 2 aromatic carbocycles. The molecular weight excluding hydrogens is 600 g/mol. The number of hydrogen-bond acceptors (Lipinski definition) is 4. The van der Waals surface area contributed by atoms with Gasteiger partial charge in [0.25, 0.3) is 0 Å². The molecule has 0 fully saturated rings. The molecule has 0 aliphatic carbocycles. The van der Waals surface area contributed by atoms with Gasteiger partial charge in [-0.3, -0.25) is 9.59 Å². The molecule has 0 heterocycles. The molecule has 0 aliphatic rings. The van der Waals surface area contributed by atoms with Crippen LogP contribution in [-0.4, -0.2) is 52.3 Å². The molecule has 11 heteroatoms. The van der Waals surface area contributed by atoms with Gasteiger partial charge in [0.05, 0.1) is 13.2 Å². The van der Waals surface area contributed by atoms with Crippen molar-refractivity contribution in [2.75, 3.05) is 50.3 Å².